The van der Waals surface area contributed by atoms with Gasteiger partial charge in [0.1, 0.15) is 5.56 Å². The van der Waals surface area contributed by atoms with E-state index in [0.29, 0.717) is 21.4 Å². The van der Waals surface area contributed by atoms with Gasteiger partial charge in [-0.2, -0.15) is 0 Å². The van der Waals surface area contributed by atoms with Crippen molar-refractivity contribution in [1.29, 1.82) is 0 Å². The Bertz CT molecular complexity index is 998. The number of hydrogen-bond acceptors (Lipinski definition) is 2. The fraction of sp³-hybridized carbons (Fsp3) is 0. The highest BCUT2D eigenvalue weighted by molar-refractivity contribution is 6.36. The molecule has 2 aromatic carbocycles. The van der Waals surface area contributed by atoms with E-state index in [0.717, 1.165) is 5.56 Å². The first-order valence-electron chi connectivity index (χ1n) is 7.20. The predicted octanol–water partition coefficient (Wildman–Crippen LogP) is 5.25. The smallest absolute Gasteiger partial charge is 0.261 e. The second kappa shape index (κ2) is 7.31. The van der Waals surface area contributed by atoms with Gasteiger partial charge in [0.25, 0.3) is 11.5 Å². The number of rotatable bonds is 3. The van der Waals surface area contributed by atoms with Crippen molar-refractivity contribution in [2.75, 3.05) is 5.32 Å². The molecule has 3 rings (SSSR count). The average molecular weight is 394 g/mol. The largest absolute Gasteiger partial charge is 0.321 e. The quantitative estimate of drug-likeness (QED) is 0.638. The van der Waals surface area contributed by atoms with Crippen molar-refractivity contribution in [3.05, 3.63) is 85.6 Å². The molecule has 0 aliphatic heterocycles. The van der Waals surface area contributed by atoms with Gasteiger partial charge in [-0.15, -0.1) is 0 Å². The van der Waals surface area contributed by atoms with Gasteiger partial charge >= 0.3 is 0 Å². The first kappa shape index (κ1) is 17.5. The van der Waals surface area contributed by atoms with Crippen LogP contribution in [-0.4, -0.2) is 10.9 Å². The number of H-pyrrole nitrogens is 1. The lowest BCUT2D eigenvalue weighted by molar-refractivity contribution is 0.102. The van der Waals surface area contributed by atoms with E-state index >= 15 is 0 Å². The molecule has 2 N–H and O–H groups in total. The van der Waals surface area contributed by atoms with Gasteiger partial charge in [-0.1, -0.05) is 46.9 Å². The van der Waals surface area contributed by atoms with E-state index < -0.39 is 11.5 Å². The summed E-state index contributed by atoms with van der Waals surface area (Å²) in [5.41, 5.74) is 1.22. The minimum atomic E-state index is -0.562. The van der Waals surface area contributed by atoms with E-state index in [1.807, 2.05) is 0 Å². The van der Waals surface area contributed by atoms with Crippen molar-refractivity contribution >= 4 is 46.4 Å². The number of anilines is 1. The molecule has 0 bridgehead atoms. The van der Waals surface area contributed by atoms with E-state index in [9.17, 15) is 9.59 Å². The Hall–Kier alpha value is -2.27. The Labute approximate surface area is 158 Å². The van der Waals surface area contributed by atoms with Crippen LogP contribution in [0.2, 0.25) is 15.1 Å². The number of nitrogens with one attached hydrogen (secondary N) is 2. The first-order valence-corrected chi connectivity index (χ1v) is 8.33. The Morgan fingerprint density at radius 3 is 2.20 bits per heavy atom. The van der Waals surface area contributed by atoms with Crippen LogP contribution in [0.25, 0.3) is 11.3 Å². The van der Waals surface area contributed by atoms with Crippen molar-refractivity contribution in [3.63, 3.8) is 0 Å². The third kappa shape index (κ3) is 4.04. The summed E-state index contributed by atoms with van der Waals surface area (Å²) >= 11 is 17.7. The number of amides is 1. The molecule has 0 saturated heterocycles. The lowest BCUT2D eigenvalue weighted by atomic mass is 10.1. The summed E-state index contributed by atoms with van der Waals surface area (Å²) in [7, 11) is 0. The molecule has 0 atom stereocenters. The van der Waals surface area contributed by atoms with Crippen LogP contribution in [0, 0.1) is 0 Å². The van der Waals surface area contributed by atoms with Gasteiger partial charge in [-0.25, -0.2) is 0 Å². The van der Waals surface area contributed by atoms with Crippen molar-refractivity contribution in [1.82, 2.24) is 4.98 Å². The highest BCUT2D eigenvalue weighted by Crippen LogP contribution is 2.25. The van der Waals surface area contributed by atoms with Gasteiger partial charge in [-0.3, -0.25) is 9.59 Å². The number of carbonyl (C=O) groups is 1. The van der Waals surface area contributed by atoms with Gasteiger partial charge in [0.05, 0.1) is 10.7 Å². The minimum absolute atomic E-state index is 0.0243. The second-order valence-electron chi connectivity index (χ2n) is 5.20. The molecule has 126 valence electrons. The Kier molecular flexibility index (Phi) is 5.13. The third-order valence-electron chi connectivity index (χ3n) is 3.49. The molecule has 1 amide bonds. The molecular weight excluding hydrogens is 383 g/mol. The van der Waals surface area contributed by atoms with Crippen LogP contribution < -0.4 is 10.9 Å². The molecule has 0 unspecified atom stereocenters. The monoisotopic (exact) mass is 392 g/mol. The highest BCUT2D eigenvalue weighted by Gasteiger charge is 2.13. The van der Waals surface area contributed by atoms with Gasteiger partial charge in [0, 0.05) is 15.7 Å². The van der Waals surface area contributed by atoms with E-state index in [1.165, 1.54) is 12.1 Å². The van der Waals surface area contributed by atoms with Crippen LogP contribution in [0.4, 0.5) is 5.69 Å². The zero-order chi connectivity index (χ0) is 18.0. The summed E-state index contributed by atoms with van der Waals surface area (Å²) in [6.45, 7) is 0. The van der Waals surface area contributed by atoms with E-state index in [1.54, 1.807) is 42.5 Å². The second-order valence-corrected chi connectivity index (χ2v) is 6.48. The lowest BCUT2D eigenvalue weighted by Crippen LogP contribution is -2.23. The molecule has 1 heterocycles. The Morgan fingerprint density at radius 1 is 0.880 bits per heavy atom. The van der Waals surface area contributed by atoms with Crippen molar-refractivity contribution in [2.24, 2.45) is 0 Å². The van der Waals surface area contributed by atoms with E-state index in [4.69, 9.17) is 34.8 Å². The summed E-state index contributed by atoms with van der Waals surface area (Å²) < 4.78 is 0. The molecule has 0 aliphatic carbocycles. The molecule has 3 aromatic rings. The van der Waals surface area contributed by atoms with Crippen molar-refractivity contribution in [3.8, 4) is 11.3 Å². The minimum Gasteiger partial charge on any atom is -0.321 e. The molecule has 0 fully saturated rings. The Balaban J connectivity index is 1.86. The molecule has 4 nitrogen and oxygen atoms in total. The van der Waals surface area contributed by atoms with Crippen LogP contribution in [0.15, 0.2) is 59.4 Å². The molecular formula is C18H11Cl3N2O2. The maximum Gasteiger partial charge on any atom is 0.261 e. The van der Waals surface area contributed by atoms with Gasteiger partial charge in [0.2, 0.25) is 0 Å². The molecule has 0 spiro atoms. The number of aromatic amines is 1. The SMILES string of the molecule is O=C(Nc1ccc(Cl)cc1Cl)c1ccc(-c2ccc(Cl)cc2)[nH]c1=O. The summed E-state index contributed by atoms with van der Waals surface area (Å²) in [5, 5.41) is 3.93. The first-order chi connectivity index (χ1) is 11.9. The number of hydrogen-bond donors (Lipinski definition) is 2. The fourth-order valence-electron chi connectivity index (χ4n) is 2.23. The number of carbonyl (C=O) groups excluding carboxylic acids is 1. The molecule has 0 aliphatic rings. The molecule has 0 radical (unpaired) electrons. The number of halogens is 3. The Morgan fingerprint density at radius 2 is 1.56 bits per heavy atom. The number of benzene rings is 2. The molecule has 1 aromatic heterocycles. The molecule has 7 heteroatoms. The highest BCUT2D eigenvalue weighted by atomic mass is 35.5. The predicted molar refractivity (Wildman–Crippen MR) is 102 cm³/mol. The number of aromatic nitrogens is 1. The summed E-state index contributed by atoms with van der Waals surface area (Å²) in [6, 6.07) is 14.8. The van der Waals surface area contributed by atoms with Crippen LogP contribution >= 0.6 is 34.8 Å². The normalized spacial score (nSPS) is 10.5. The topological polar surface area (TPSA) is 62.0 Å². The third-order valence-corrected chi connectivity index (χ3v) is 4.29. The van der Waals surface area contributed by atoms with Crippen LogP contribution in [-0.2, 0) is 0 Å². The molecule has 0 saturated carbocycles. The van der Waals surface area contributed by atoms with Gasteiger partial charge in [-0.05, 0) is 48.0 Å². The summed E-state index contributed by atoms with van der Waals surface area (Å²) in [6.07, 6.45) is 0. The summed E-state index contributed by atoms with van der Waals surface area (Å²) in [4.78, 5) is 27.3. The van der Waals surface area contributed by atoms with Crippen molar-refractivity contribution in [2.45, 2.75) is 0 Å². The van der Waals surface area contributed by atoms with Gasteiger partial charge < -0.3 is 10.3 Å². The van der Waals surface area contributed by atoms with Gasteiger partial charge in [0.15, 0.2) is 0 Å². The van der Waals surface area contributed by atoms with E-state index in [-0.39, 0.29) is 10.6 Å². The van der Waals surface area contributed by atoms with Crippen LogP contribution in [0.3, 0.4) is 0 Å². The number of pyridine rings is 1. The molecule has 25 heavy (non-hydrogen) atoms. The maximum atomic E-state index is 12.3. The van der Waals surface area contributed by atoms with E-state index in [2.05, 4.69) is 10.3 Å². The summed E-state index contributed by atoms with van der Waals surface area (Å²) in [5.74, 6) is -0.562. The maximum absolute atomic E-state index is 12.3. The zero-order valence-corrected chi connectivity index (χ0v) is 14.9. The fourth-order valence-corrected chi connectivity index (χ4v) is 2.81. The zero-order valence-electron chi connectivity index (χ0n) is 12.6. The average Bonchev–Trinajstić information content (AvgIpc) is 2.58. The van der Waals surface area contributed by atoms with Crippen molar-refractivity contribution < 1.29 is 4.79 Å². The van der Waals surface area contributed by atoms with Crippen LogP contribution in [0.1, 0.15) is 10.4 Å². The van der Waals surface area contributed by atoms with Crippen LogP contribution in [0.5, 0.6) is 0 Å². The standard InChI is InChI=1S/C18H11Cl3N2O2/c19-11-3-1-10(2-4-11)15-8-6-13(17(24)22-15)18(25)23-16-7-5-12(20)9-14(16)21/h1-9H,(H,22,24)(H,23,25). The lowest BCUT2D eigenvalue weighted by Gasteiger charge is -2.08.